The van der Waals surface area contributed by atoms with Crippen molar-refractivity contribution in [2.75, 3.05) is 17.7 Å². The van der Waals surface area contributed by atoms with Crippen molar-refractivity contribution in [1.29, 1.82) is 0 Å². The molecule has 2 aromatic heterocycles. The topological polar surface area (TPSA) is 85.1 Å². The first-order chi connectivity index (χ1) is 14.1. The van der Waals surface area contributed by atoms with Crippen LogP contribution in [0.15, 0.2) is 65.2 Å². The van der Waals surface area contributed by atoms with Crippen molar-refractivity contribution < 1.29 is 9.26 Å². The SMILES string of the molecule is COc1ccc(C)cc1Nc1cc(Nc2cc(C)on2)nc(-c2ccccc2)n1. The number of benzene rings is 2. The maximum atomic E-state index is 5.47. The fourth-order valence-electron chi connectivity index (χ4n) is 2.91. The fourth-order valence-corrected chi connectivity index (χ4v) is 2.91. The number of aromatic nitrogens is 3. The van der Waals surface area contributed by atoms with Gasteiger partial charge >= 0.3 is 0 Å². The Labute approximate surface area is 168 Å². The van der Waals surface area contributed by atoms with Crippen LogP contribution in [0.2, 0.25) is 0 Å². The van der Waals surface area contributed by atoms with Crippen LogP contribution in [-0.4, -0.2) is 22.2 Å². The molecule has 0 unspecified atom stereocenters. The van der Waals surface area contributed by atoms with Gasteiger partial charge in [0, 0.05) is 17.7 Å². The van der Waals surface area contributed by atoms with E-state index in [1.54, 1.807) is 13.2 Å². The summed E-state index contributed by atoms with van der Waals surface area (Å²) in [6.07, 6.45) is 0. The second-order valence-corrected chi connectivity index (χ2v) is 6.60. The molecule has 29 heavy (non-hydrogen) atoms. The van der Waals surface area contributed by atoms with E-state index in [1.165, 1.54) is 0 Å². The molecule has 0 spiro atoms. The number of nitrogens with zero attached hydrogens (tertiary/aromatic N) is 3. The molecular formula is C22H21N5O2. The molecule has 0 fully saturated rings. The lowest BCUT2D eigenvalue weighted by Crippen LogP contribution is -2.03. The van der Waals surface area contributed by atoms with Gasteiger partial charge in [-0.05, 0) is 31.5 Å². The minimum Gasteiger partial charge on any atom is -0.495 e. The molecule has 0 atom stereocenters. The molecule has 2 aromatic carbocycles. The Morgan fingerprint density at radius 3 is 2.28 bits per heavy atom. The average molecular weight is 387 g/mol. The summed E-state index contributed by atoms with van der Waals surface area (Å²) < 4.78 is 10.6. The normalized spacial score (nSPS) is 10.6. The van der Waals surface area contributed by atoms with Crippen LogP contribution in [0.1, 0.15) is 11.3 Å². The van der Waals surface area contributed by atoms with Gasteiger partial charge < -0.3 is 19.9 Å². The highest BCUT2D eigenvalue weighted by atomic mass is 16.5. The van der Waals surface area contributed by atoms with Gasteiger partial charge in [-0.3, -0.25) is 0 Å². The number of aryl methyl sites for hydroxylation is 2. The second-order valence-electron chi connectivity index (χ2n) is 6.60. The quantitative estimate of drug-likeness (QED) is 0.468. The van der Waals surface area contributed by atoms with E-state index in [0.29, 0.717) is 29.0 Å². The zero-order valence-electron chi connectivity index (χ0n) is 16.4. The Balaban J connectivity index is 1.74. The van der Waals surface area contributed by atoms with E-state index in [4.69, 9.17) is 9.26 Å². The summed E-state index contributed by atoms with van der Waals surface area (Å²) in [6.45, 7) is 3.87. The first-order valence-corrected chi connectivity index (χ1v) is 9.17. The summed E-state index contributed by atoms with van der Waals surface area (Å²) >= 11 is 0. The molecule has 0 saturated carbocycles. The first kappa shape index (κ1) is 18.5. The fraction of sp³-hybridized carbons (Fsp3) is 0.136. The molecule has 146 valence electrons. The number of ether oxygens (including phenoxy) is 1. The largest absolute Gasteiger partial charge is 0.495 e. The molecule has 4 rings (SSSR count). The van der Waals surface area contributed by atoms with E-state index < -0.39 is 0 Å². The standard InChI is InChI=1S/C22H21N5O2/c1-14-9-10-18(28-3)17(11-14)23-19-13-20(24-21-12-15(2)29-27-21)26-22(25-19)16-7-5-4-6-8-16/h4-13H,1-3H3,(H2,23,24,25,26,27). The van der Waals surface area contributed by atoms with Gasteiger partial charge in [0.05, 0.1) is 12.8 Å². The molecule has 0 aliphatic heterocycles. The van der Waals surface area contributed by atoms with Crippen LogP contribution in [-0.2, 0) is 0 Å². The van der Waals surface area contributed by atoms with Crippen molar-refractivity contribution >= 4 is 23.1 Å². The van der Waals surface area contributed by atoms with Crippen molar-refractivity contribution in [3.8, 4) is 17.1 Å². The molecule has 4 aromatic rings. The third-order valence-corrected chi connectivity index (χ3v) is 4.26. The van der Waals surface area contributed by atoms with Crippen LogP contribution < -0.4 is 15.4 Å². The van der Waals surface area contributed by atoms with Crippen LogP contribution in [0.4, 0.5) is 23.1 Å². The predicted octanol–water partition coefficient (Wildman–Crippen LogP) is 5.24. The molecular weight excluding hydrogens is 366 g/mol. The molecule has 2 heterocycles. The Morgan fingerprint density at radius 1 is 0.828 bits per heavy atom. The van der Waals surface area contributed by atoms with Gasteiger partial charge in [-0.15, -0.1) is 0 Å². The minimum absolute atomic E-state index is 0.583. The maximum absolute atomic E-state index is 5.47. The van der Waals surface area contributed by atoms with Gasteiger partial charge in [0.15, 0.2) is 11.6 Å². The lowest BCUT2D eigenvalue weighted by atomic mass is 10.2. The van der Waals surface area contributed by atoms with Crippen molar-refractivity contribution in [3.05, 3.63) is 72.0 Å². The smallest absolute Gasteiger partial charge is 0.175 e. The number of nitrogens with one attached hydrogen (secondary N) is 2. The number of hydrogen-bond donors (Lipinski definition) is 2. The summed E-state index contributed by atoms with van der Waals surface area (Å²) in [6, 6.07) is 19.4. The monoisotopic (exact) mass is 387 g/mol. The molecule has 0 aliphatic carbocycles. The molecule has 7 heteroatoms. The first-order valence-electron chi connectivity index (χ1n) is 9.17. The van der Waals surface area contributed by atoms with E-state index >= 15 is 0 Å². The van der Waals surface area contributed by atoms with Gasteiger partial charge in [-0.1, -0.05) is 41.6 Å². The summed E-state index contributed by atoms with van der Waals surface area (Å²) in [5.74, 6) is 3.85. The van der Waals surface area contributed by atoms with Gasteiger partial charge in [0.25, 0.3) is 0 Å². The molecule has 0 bridgehead atoms. The van der Waals surface area contributed by atoms with Gasteiger partial charge in [-0.25, -0.2) is 9.97 Å². The van der Waals surface area contributed by atoms with Crippen molar-refractivity contribution in [1.82, 2.24) is 15.1 Å². The molecule has 7 nitrogen and oxygen atoms in total. The van der Waals surface area contributed by atoms with Gasteiger partial charge in [0.2, 0.25) is 0 Å². The lowest BCUT2D eigenvalue weighted by Gasteiger charge is -2.13. The van der Waals surface area contributed by atoms with Gasteiger partial charge in [-0.2, -0.15) is 0 Å². The minimum atomic E-state index is 0.583. The number of hydrogen-bond acceptors (Lipinski definition) is 7. The molecule has 2 N–H and O–H groups in total. The second kappa shape index (κ2) is 8.02. The third-order valence-electron chi connectivity index (χ3n) is 4.26. The molecule has 0 saturated heterocycles. The van der Waals surface area contributed by atoms with E-state index in [1.807, 2.05) is 68.4 Å². The van der Waals surface area contributed by atoms with E-state index in [9.17, 15) is 0 Å². The highest BCUT2D eigenvalue weighted by Crippen LogP contribution is 2.30. The number of anilines is 4. The van der Waals surface area contributed by atoms with Crippen LogP contribution in [0.5, 0.6) is 5.75 Å². The Bertz CT molecular complexity index is 1130. The average Bonchev–Trinajstić information content (AvgIpc) is 3.13. The van der Waals surface area contributed by atoms with Crippen LogP contribution in [0.3, 0.4) is 0 Å². The van der Waals surface area contributed by atoms with Crippen molar-refractivity contribution in [2.24, 2.45) is 0 Å². The van der Waals surface area contributed by atoms with Crippen LogP contribution in [0, 0.1) is 13.8 Å². The summed E-state index contributed by atoms with van der Waals surface area (Å²) in [7, 11) is 1.64. The van der Waals surface area contributed by atoms with Crippen LogP contribution >= 0.6 is 0 Å². The lowest BCUT2D eigenvalue weighted by molar-refractivity contribution is 0.400. The summed E-state index contributed by atoms with van der Waals surface area (Å²) in [5, 5.41) is 10.5. The zero-order chi connectivity index (χ0) is 20.2. The number of methoxy groups -OCH3 is 1. The summed E-state index contributed by atoms with van der Waals surface area (Å²) in [4.78, 5) is 9.32. The third kappa shape index (κ3) is 4.35. The van der Waals surface area contributed by atoms with Crippen LogP contribution in [0.25, 0.3) is 11.4 Å². The predicted molar refractivity (Wildman–Crippen MR) is 113 cm³/mol. The Kier molecular flexibility index (Phi) is 5.11. The Hall–Kier alpha value is -3.87. The highest BCUT2D eigenvalue weighted by molar-refractivity contribution is 5.70. The van der Waals surface area contributed by atoms with Gasteiger partial charge in [0.1, 0.15) is 23.1 Å². The zero-order valence-corrected chi connectivity index (χ0v) is 16.4. The number of rotatable bonds is 6. The molecule has 0 radical (unpaired) electrons. The van der Waals surface area contributed by atoms with E-state index in [0.717, 1.165) is 22.6 Å². The maximum Gasteiger partial charge on any atom is 0.175 e. The van der Waals surface area contributed by atoms with Crippen molar-refractivity contribution in [2.45, 2.75) is 13.8 Å². The highest BCUT2D eigenvalue weighted by Gasteiger charge is 2.11. The van der Waals surface area contributed by atoms with E-state index in [2.05, 4.69) is 25.8 Å². The molecule has 0 aliphatic rings. The Morgan fingerprint density at radius 2 is 1.59 bits per heavy atom. The molecule has 0 amide bonds. The summed E-state index contributed by atoms with van der Waals surface area (Å²) in [5.41, 5.74) is 2.85. The van der Waals surface area contributed by atoms with E-state index in [-0.39, 0.29) is 0 Å². The van der Waals surface area contributed by atoms with Crippen molar-refractivity contribution in [3.63, 3.8) is 0 Å².